The Morgan fingerprint density at radius 3 is 2.33 bits per heavy atom. The van der Waals surface area contributed by atoms with Crippen LogP contribution in [0.25, 0.3) is 10.2 Å². The second-order valence-electron chi connectivity index (χ2n) is 4.87. The number of thiophene rings is 1. The molecular weight excluding hydrogens is 302 g/mol. The molecule has 0 aliphatic carbocycles. The molecule has 0 aliphatic heterocycles. The van der Waals surface area contributed by atoms with E-state index in [1.807, 2.05) is 27.7 Å². The summed E-state index contributed by atoms with van der Waals surface area (Å²) in [5.74, 6) is 0.285. The van der Waals surface area contributed by atoms with Gasteiger partial charge in [-0.15, -0.1) is 11.3 Å². The largest absolute Gasteiger partial charge is 0.368 e. The minimum Gasteiger partial charge on any atom is -0.368 e. The average molecular weight is 317 g/mol. The quantitative estimate of drug-likeness (QED) is 0.576. The molecule has 0 saturated heterocycles. The van der Waals surface area contributed by atoms with Crippen molar-refractivity contribution >= 4 is 39.3 Å². The van der Waals surface area contributed by atoms with Gasteiger partial charge in [-0.1, -0.05) is 0 Å². The van der Waals surface area contributed by atoms with Crippen LogP contribution in [0.4, 0.5) is 5.95 Å². The SMILES string of the molecule is Cc1cc2c(Sc3nc(C)c(C)c(C)n3)nc(N)nc2s1. The summed E-state index contributed by atoms with van der Waals surface area (Å²) in [5.41, 5.74) is 8.91. The molecule has 0 atom stereocenters. The lowest BCUT2D eigenvalue weighted by molar-refractivity contribution is 0.879. The fourth-order valence-corrected chi connectivity index (χ4v) is 3.88. The van der Waals surface area contributed by atoms with Gasteiger partial charge in [-0.3, -0.25) is 0 Å². The Bertz CT molecular complexity index is 818. The summed E-state index contributed by atoms with van der Waals surface area (Å²) >= 11 is 3.05. The van der Waals surface area contributed by atoms with Gasteiger partial charge >= 0.3 is 0 Å². The third-order valence-electron chi connectivity index (χ3n) is 3.30. The second-order valence-corrected chi connectivity index (χ2v) is 7.06. The van der Waals surface area contributed by atoms with E-state index in [0.29, 0.717) is 5.16 Å². The summed E-state index contributed by atoms with van der Waals surface area (Å²) in [7, 11) is 0. The van der Waals surface area contributed by atoms with E-state index in [4.69, 9.17) is 5.73 Å². The van der Waals surface area contributed by atoms with E-state index in [1.165, 1.54) is 16.6 Å². The van der Waals surface area contributed by atoms with Crippen molar-refractivity contribution in [1.82, 2.24) is 19.9 Å². The molecule has 3 rings (SSSR count). The van der Waals surface area contributed by atoms with E-state index in [0.717, 1.165) is 32.2 Å². The Morgan fingerprint density at radius 2 is 1.67 bits per heavy atom. The van der Waals surface area contributed by atoms with Crippen LogP contribution in [0.5, 0.6) is 0 Å². The number of hydrogen-bond donors (Lipinski definition) is 1. The lowest BCUT2D eigenvalue weighted by Crippen LogP contribution is -1.99. The van der Waals surface area contributed by atoms with E-state index in [1.54, 1.807) is 11.3 Å². The molecule has 3 heterocycles. The number of nitrogen functional groups attached to an aromatic ring is 1. The van der Waals surface area contributed by atoms with Gasteiger partial charge in [0.2, 0.25) is 5.95 Å². The molecule has 0 fully saturated rings. The van der Waals surface area contributed by atoms with E-state index in [9.17, 15) is 0 Å². The zero-order chi connectivity index (χ0) is 15.1. The van der Waals surface area contributed by atoms with Gasteiger partial charge < -0.3 is 5.73 Å². The molecule has 3 aromatic heterocycles. The van der Waals surface area contributed by atoms with Crippen LogP contribution >= 0.6 is 23.1 Å². The maximum atomic E-state index is 5.80. The van der Waals surface area contributed by atoms with Crippen molar-refractivity contribution in [3.05, 3.63) is 27.9 Å². The maximum absolute atomic E-state index is 5.80. The van der Waals surface area contributed by atoms with Gasteiger partial charge in [-0.25, -0.2) is 19.9 Å². The van der Waals surface area contributed by atoms with Crippen molar-refractivity contribution in [1.29, 1.82) is 0 Å². The number of fused-ring (bicyclic) bond motifs is 1. The van der Waals surface area contributed by atoms with Crippen LogP contribution in [-0.2, 0) is 0 Å². The van der Waals surface area contributed by atoms with Gasteiger partial charge in [0.15, 0.2) is 5.16 Å². The molecule has 7 heteroatoms. The fourth-order valence-electron chi connectivity index (χ4n) is 1.98. The summed E-state index contributed by atoms with van der Waals surface area (Å²) in [6.07, 6.45) is 0. The minimum atomic E-state index is 0.285. The van der Waals surface area contributed by atoms with Crippen molar-refractivity contribution in [2.24, 2.45) is 0 Å². The Labute approximate surface area is 131 Å². The minimum absolute atomic E-state index is 0.285. The van der Waals surface area contributed by atoms with Gasteiger partial charge in [0.25, 0.3) is 0 Å². The number of anilines is 1. The third kappa shape index (κ3) is 2.71. The molecular formula is C14H15N5S2. The zero-order valence-corrected chi connectivity index (χ0v) is 13.9. The van der Waals surface area contributed by atoms with Gasteiger partial charge in [0.05, 0.1) is 0 Å². The standard InChI is InChI=1S/C14H15N5S2/c1-6-5-10-11(20-6)18-13(15)19-12(10)21-14-16-8(3)7(2)9(4)17-14/h5H,1-4H3,(H2,15,18,19). The van der Waals surface area contributed by atoms with Gasteiger partial charge in [-0.05, 0) is 51.1 Å². The highest BCUT2D eigenvalue weighted by atomic mass is 32.2. The third-order valence-corrected chi connectivity index (χ3v) is 5.11. The van der Waals surface area contributed by atoms with E-state index < -0.39 is 0 Å². The summed E-state index contributed by atoms with van der Waals surface area (Å²) < 4.78 is 0. The summed E-state index contributed by atoms with van der Waals surface area (Å²) in [6.45, 7) is 8.06. The van der Waals surface area contributed by atoms with Crippen LogP contribution in [0.2, 0.25) is 0 Å². The van der Waals surface area contributed by atoms with Crippen molar-refractivity contribution in [2.75, 3.05) is 5.73 Å². The normalized spacial score (nSPS) is 11.2. The Balaban J connectivity index is 2.09. The molecule has 3 aromatic rings. The molecule has 0 saturated carbocycles. The first-order valence-electron chi connectivity index (χ1n) is 6.47. The molecule has 0 aromatic carbocycles. The summed E-state index contributed by atoms with van der Waals surface area (Å²) in [6, 6.07) is 2.08. The molecule has 0 amide bonds. The van der Waals surface area contributed by atoms with E-state index >= 15 is 0 Å². The molecule has 2 N–H and O–H groups in total. The maximum Gasteiger partial charge on any atom is 0.222 e. The molecule has 21 heavy (non-hydrogen) atoms. The van der Waals surface area contributed by atoms with Crippen molar-refractivity contribution in [2.45, 2.75) is 37.9 Å². The molecule has 0 radical (unpaired) electrons. The van der Waals surface area contributed by atoms with Crippen molar-refractivity contribution in [3.63, 3.8) is 0 Å². The number of nitrogens with zero attached hydrogens (tertiary/aromatic N) is 4. The van der Waals surface area contributed by atoms with Crippen LogP contribution in [0.3, 0.4) is 0 Å². The Hall–Kier alpha value is -1.73. The molecule has 5 nitrogen and oxygen atoms in total. The number of hydrogen-bond acceptors (Lipinski definition) is 7. The monoisotopic (exact) mass is 317 g/mol. The number of aromatic nitrogens is 4. The number of aryl methyl sites for hydroxylation is 3. The van der Waals surface area contributed by atoms with E-state index in [2.05, 4.69) is 26.0 Å². The zero-order valence-electron chi connectivity index (χ0n) is 12.3. The smallest absolute Gasteiger partial charge is 0.222 e. The molecule has 0 unspecified atom stereocenters. The van der Waals surface area contributed by atoms with Crippen molar-refractivity contribution < 1.29 is 0 Å². The van der Waals surface area contributed by atoms with Gasteiger partial charge in [-0.2, -0.15) is 0 Å². The molecule has 0 spiro atoms. The van der Waals surface area contributed by atoms with Crippen LogP contribution in [-0.4, -0.2) is 19.9 Å². The van der Waals surface area contributed by atoms with Gasteiger partial charge in [0.1, 0.15) is 9.86 Å². The van der Waals surface area contributed by atoms with Crippen molar-refractivity contribution in [3.8, 4) is 0 Å². The van der Waals surface area contributed by atoms with Crippen LogP contribution < -0.4 is 5.73 Å². The molecule has 108 valence electrons. The number of nitrogens with two attached hydrogens (primary N) is 1. The molecule has 0 aliphatic rings. The highest BCUT2D eigenvalue weighted by Gasteiger charge is 2.13. The highest BCUT2D eigenvalue weighted by Crippen LogP contribution is 2.34. The van der Waals surface area contributed by atoms with Crippen LogP contribution in [0.15, 0.2) is 16.2 Å². The predicted molar refractivity (Wildman–Crippen MR) is 86.9 cm³/mol. The van der Waals surface area contributed by atoms with E-state index in [-0.39, 0.29) is 5.95 Å². The Kier molecular flexibility index (Phi) is 3.54. The topological polar surface area (TPSA) is 77.6 Å². The predicted octanol–water partition coefficient (Wildman–Crippen LogP) is 3.45. The first kappa shape index (κ1) is 14.2. The lowest BCUT2D eigenvalue weighted by atomic mass is 10.2. The van der Waals surface area contributed by atoms with Crippen LogP contribution in [0, 0.1) is 27.7 Å². The Morgan fingerprint density at radius 1 is 1.00 bits per heavy atom. The molecule has 0 bridgehead atoms. The lowest BCUT2D eigenvalue weighted by Gasteiger charge is -2.07. The fraction of sp³-hybridized carbons (Fsp3) is 0.286. The average Bonchev–Trinajstić information content (AvgIpc) is 2.76. The first-order chi connectivity index (χ1) is 9.94. The second kappa shape index (κ2) is 5.23. The number of rotatable bonds is 2. The highest BCUT2D eigenvalue weighted by molar-refractivity contribution is 7.99. The summed E-state index contributed by atoms with van der Waals surface area (Å²) in [4.78, 5) is 19.8. The first-order valence-corrected chi connectivity index (χ1v) is 8.10. The van der Waals surface area contributed by atoms with Gasteiger partial charge in [0, 0.05) is 21.7 Å². The van der Waals surface area contributed by atoms with Crippen LogP contribution in [0.1, 0.15) is 21.8 Å². The summed E-state index contributed by atoms with van der Waals surface area (Å²) in [5, 5.41) is 2.51.